The summed E-state index contributed by atoms with van der Waals surface area (Å²) in [4.78, 5) is 9.54. The van der Waals surface area contributed by atoms with Crippen LogP contribution in [0.25, 0.3) is 44.5 Å². The minimum Gasteiger partial charge on any atom is -0.437 e. The van der Waals surface area contributed by atoms with Gasteiger partial charge in [-0.2, -0.15) is 0 Å². The van der Waals surface area contributed by atoms with Crippen LogP contribution in [0.1, 0.15) is 31.0 Å². The molecule has 0 bridgehead atoms. The average molecular weight is 378 g/mol. The number of nitrogens with zero attached hydrogens (tertiary/aromatic N) is 2. The number of aromatic nitrogens is 2. The number of hydrogen-bond acceptors (Lipinski definition) is 3. The van der Waals surface area contributed by atoms with Crippen LogP contribution in [-0.4, -0.2) is 9.97 Å². The molecule has 0 N–H and O–H groups in total. The molecule has 5 aromatic rings. The van der Waals surface area contributed by atoms with Crippen molar-refractivity contribution in [1.29, 1.82) is 0 Å². The number of hydrogen-bond donors (Lipinski definition) is 0. The van der Waals surface area contributed by atoms with Gasteiger partial charge in [-0.3, -0.25) is 4.98 Å². The maximum Gasteiger partial charge on any atom is 0.227 e. The van der Waals surface area contributed by atoms with E-state index in [1.807, 2.05) is 18.3 Å². The van der Waals surface area contributed by atoms with Crippen molar-refractivity contribution in [2.75, 3.05) is 0 Å². The summed E-state index contributed by atoms with van der Waals surface area (Å²) in [6.07, 6.45) is 1.85. The molecule has 29 heavy (non-hydrogen) atoms. The fourth-order valence-corrected chi connectivity index (χ4v) is 3.90. The van der Waals surface area contributed by atoms with E-state index in [0.29, 0.717) is 11.6 Å². The first kappa shape index (κ1) is 17.6. The van der Waals surface area contributed by atoms with Gasteiger partial charge in [-0.05, 0) is 42.2 Å². The van der Waals surface area contributed by atoms with E-state index in [1.54, 1.807) is 0 Å². The molecule has 3 heteroatoms. The summed E-state index contributed by atoms with van der Waals surface area (Å²) in [5.74, 6) is 0.356. The number of fused-ring (bicyclic) bond motifs is 3. The summed E-state index contributed by atoms with van der Waals surface area (Å²) in [6, 6.07) is 23.0. The van der Waals surface area contributed by atoms with Crippen LogP contribution in [0.5, 0.6) is 0 Å². The minimum atomic E-state index is 0.356. The van der Waals surface area contributed by atoms with E-state index in [4.69, 9.17) is 14.4 Å². The van der Waals surface area contributed by atoms with Gasteiger partial charge >= 0.3 is 0 Å². The van der Waals surface area contributed by atoms with Crippen LogP contribution in [-0.2, 0) is 0 Å². The molecule has 0 saturated carbocycles. The van der Waals surface area contributed by atoms with Crippen molar-refractivity contribution in [2.45, 2.75) is 26.7 Å². The van der Waals surface area contributed by atoms with Crippen LogP contribution in [0.3, 0.4) is 0 Å². The second-order valence-electron chi connectivity index (χ2n) is 7.75. The van der Waals surface area contributed by atoms with E-state index in [2.05, 4.69) is 75.4 Å². The molecule has 0 saturated heterocycles. The highest BCUT2D eigenvalue weighted by Crippen LogP contribution is 2.40. The van der Waals surface area contributed by atoms with E-state index < -0.39 is 0 Å². The molecule has 0 spiro atoms. The number of benzene rings is 2. The molecular formula is C26H22N2O. The Morgan fingerprint density at radius 1 is 0.828 bits per heavy atom. The zero-order chi connectivity index (χ0) is 20.0. The number of rotatable bonds is 3. The van der Waals surface area contributed by atoms with Gasteiger partial charge in [-0.15, -0.1) is 0 Å². The van der Waals surface area contributed by atoms with E-state index >= 15 is 0 Å². The van der Waals surface area contributed by atoms with E-state index in [1.165, 1.54) is 0 Å². The van der Waals surface area contributed by atoms with Crippen LogP contribution in [0, 0.1) is 6.92 Å². The molecule has 0 amide bonds. The molecule has 0 atom stereocenters. The lowest BCUT2D eigenvalue weighted by molar-refractivity contribution is 0.648. The summed E-state index contributed by atoms with van der Waals surface area (Å²) in [6.45, 7) is 6.40. The molecule has 5 rings (SSSR count). The molecule has 3 heterocycles. The number of pyridine rings is 2. The summed E-state index contributed by atoms with van der Waals surface area (Å²) in [5.41, 5.74) is 7.92. The summed E-state index contributed by atoms with van der Waals surface area (Å²) < 4.78 is 6.35. The van der Waals surface area contributed by atoms with Gasteiger partial charge in [-0.25, -0.2) is 4.98 Å². The van der Waals surface area contributed by atoms with Crippen LogP contribution < -0.4 is 0 Å². The Morgan fingerprint density at radius 3 is 2.41 bits per heavy atom. The van der Waals surface area contributed by atoms with Gasteiger partial charge in [0.15, 0.2) is 0 Å². The van der Waals surface area contributed by atoms with Gasteiger partial charge in [0.1, 0.15) is 5.58 Å². The minimum absolute atomic E-state index is 0.356. The molecule has 0 aliphatic rings. The molecule has 0 unspecified atom stereocenters. The van der Waals surface area contributed by atoms with E-state index in [-0.39, 0.29) is 0 Å². The Kier molecular flexibility index (Phi) is 4.17. The predicted octanol–water partition coefficient (Wildman–Crippen LogP) is 7.14. The van der Waals surface area contributed by atoms with Gasteiger partial charge in [0.05, 0.1) is 5.69 Å². The smallest absolute Gasteiger partial charge is 0.227 e. The highest BCUT2D eigenvalue weighted by atomic mass is 16.3. The Hall–Kier alpha value is -3.46. The van der Waals surface area contributed by atoms with Crippen LogP contribution in [0.2, 0.25) is 0 Å². The van der Waals surface area contributed by atoms with Gasteiger partial charge in [0.2, 0.25) is 5.71 Å². The standard InChI is InChI=1S/C26H22N2O/c1-16(2)22-14-13-21-20-12-11-17(3)23(25(20)29-26(21)28-22)24-19(10-7-15-27-24)18-8-5-4-6-9-18/h4-16H,1-3H3. The average Bonchev–Trinajstić information content (AvgIpc) is 3.12. The Balaban J connectivity index is 1.82. The molecule has 0 fully saturated rings. The molecule has 3 nitrogen and oxygen atoms in total. The third-order valence-corrected chi connectivity index (χ3v) is 5.46. The van der Waals surface area contributed by atoms with Crippen molar-refractivity contribution < 1.29 is 4.42 Å². The van der Waals surface area contributed by atoms with Crippen molar-refractivity contribution in [1.82, 2.24) is 9.97 Å². The predicted molar refractivity (Wildman–Crippen MR) is 119 cm³/mol. The van der Waals surface area contributed by atoms with E-state index in [0.717, 1.165) is 50.0 Å². The highest BCUT2D eigenvalue weighted by Gasteiger charge is 2.19. The Labute approximate surface area is 170 Å². The fourth-order valence-electron chi connectivity index (χ4n) is 3.90. The summed E-state index contributed by atoms with van der Waals surface area (Å²) in [7, 11) is 0. The lowest BCUT2D eigenvalue weighted by atomic mass is 9.95. The summed E-state index contributed by atoms with van der Waals surface area (Å²) in [5, 5.41) is 2.12. The largest absolute Gasteiger partial charge is 0.437 e. The van der Waals surface area contributed by atoms with Crippen molar-refractivity contribution in [3.8, 4) is 22.4 Å². The Morgan fingerprint density at radius 2 is 1.62 bits per heavy atom. The fraction of sp³-hybridized carbons (Fsp3) is 0.154. The Bertz CT molecular complexity index is 1330. The van der Waals surface area contributed by atoms with Crippen LogP contribution in [0.15, 0.2) is 77.3 Å². The second kappa shape index (κ2) is 6.85. The first-order valence-electron chi connectivity index (χ1n) is 9.97. The molecular weight excluding hydrogens is 356 g/mol. The van der Waals surface area contributed by atoms with Crippen LogP contribution >= 0.6 is 0 Å². The van der Waals surface area contributed by atoms with E-state index in [9.17, 15) is 0 Å². The molecule has 2 aromatic carbocycles. The molecule has 0 aliphatic heterocycles. The highest BCUT2D eigenvalue weighted by molar-refractivity contribution is 6.10. The zero-order valence-corrected chi connectivity index (χ0v) is 16.8. The third kappa shape index (κ3) is 2.90. The first-order valence-corrected chi connectivity index (χ1v) is 9.97. The second-order valence-corrected chi connectivity index (χ2v) is 7.75. The third-order valence-electron chi connectivity index (χ3n) is 5.46. The lowest BCUT2D eigenvalue weighted by Gasteiger charge is -2.11. The normalized spacial score (nSPS) is 11.6. The van der Waals surface area contributed by atoms with Gasteiger partial charge < -0.3 is 4.42 Å². The van der Waals surface area contributed by atoms with Gasteiger partial charge in [0, 0.05) is 33.8 Å². The van der Waals surface area contributed by atoms with Crippen molar-refractivity contribution in [3.63, 3.8) is 0 Å². The molecule has 3 aromatic heterocycles. The SMILES string of the molecule is Cc1ccc2c(oc3nc(C(C)C)ccc32)c1-c1ncccc1-c1ccccc1. The maximum atomic E-state index is 6.35. The zero-order valence-electron chi connectivity index (χ0n) is 16.8. The van der Waals surface area contributed by atoms with Crippen molar-refractivity contribution >= 4 is 22.1 Å². The topological polar surface area (TPSA) is 38.9 Å². The number of aryl methyl sites for hydroxylation is 1. The van der Waals surface area contributed by atoms with Crippen molar-refractivity contribution in [2.24, 2.45) is 0 Å². The summed E-state index contributed by atoms with van der Waals surface area (Å²) >= 11 is 0. The molecule has 142 valence electrons. The monoisotopic (exact) mass is 378 g/mol. The quantitative estimate of drug-likeness (QED) is 0.335. The van der Waals surface area contributed by atoms with Gasteiger partial charge in [0.25, 0.3) is 0 Å². The van der Waals surface area contributed by atoms with Crippen molar-refractivity contribution in [3.05, 3.63) is 84.2 Å². The lowest BCUT2D eigenvalue weighted by Crippen LogP contribution is -1.92. The number of furan rings is 1. The maximum absolute atomic E-state index is 6.35. The first-order chi connectivity index (χ1) is 14.1. The van der Waals surface area contributed by atoms with Gasteiger partial charge in [-0.1, -0.05) is 62.4 Å². The van der Waals surface area contributed by atoms with Crippen LogP contribution in [0.4, 0.5) is 0 Å². The molecule has 0 radical (unpaired) electrons. The molecule has 0 aliphatic carbocycles.